The molecular formula is C20H19BrO2S2. The smallest absolute Gasteiger partial charge is 0.322 e. The number of carbonyl (C=O) groups is 1. The van der Waals surface area contributed by atoms with Gasteiger partial charge in [-0.3, -0.25) is 4.79 Å². The van der Waals surface area contributed by atoms with E-state index in [2.05, 4.69) is 64.5 Å². The highest BCUT2D eigenvalue weighted by Gasteiger charge is 2.31. The first-order valence-corrected chi connectivity index (χ1v) is 10.5. The summed E-state index contributed by atoms with van der Waals surface area (Å²) in [6.45, 7) is 6.05. The van der Waals surface area contributed by atoms with E-state index in [1.54, 1.807) is 23.1 Å². The van der Waals surface area contributed by atoms with Crippen molar-refractivity contribution in [1.82, 2.24) is 0 Å². The maximum absolute atomic E-state index is 12.1. The van der Waals surface area contributed by atoms with E-state index in [-0.39, 0.29) is 5.97 Å². The van der Waals surface area contributed by atoms with Gasteiger partial charge in [0.25, 0.3) is 0 Å². The van der Waals surface area contributed by atoms with Gasteiger partial charge in [-0.25, -0.2) is 0 Å². The Hall–Kier alpha value is -1.30. The van der Waals surface area contributed by atoms with Crippen LogP contribution in [0.5, 0.6) is 0 Å². The van der Waals surface area contributed by atoms with E-state index in [9.17, 15) is 4.79 Å². The Kier molecular flexibility index (Phi) is 5.56. The van der Waals surface area contributed by atoms with E-state index in [1.165, 1.54) is 21.2 Å². The number of esters is 1. The normalized spacial score (nSPS) is 11.7. The molecule has 0 aliphatic carbocycles. The summed E-state index contributed by atoms with van der Waals surface area (Å²) in [6, 6.07) is 16.8. The molecule has 0 saturated heterocycles. The minimum atomic E-state index is -0.597. The highest BCUT2D eigenvalue weighted by Crippen LogP contribution is 2.42. The van der Waals surface area contributed by atoms with Gasteiger partial charge in [0.15, 0.2) is 0 Å². The van der Waals surface area contributed by atoms with E-state index >= 15 is 0 Å². The molecule has 0 spiro atoms. The van der Waals surface area contributed by atoms with Gasteiger partial charge in [-0.1, -0.05) is 58.0 Å². The van der Waals surface area contributed by atoms with Crippen molar-refractivity contribution in [3.63, 3.8) is 0 Å². The van der Waals surface area contributed by atoms with Crippen molar-refractivity contribution < 1.29 is 9.53 Å². The van der Waals surface area contributed by atoms with Crippen LogP contribution in [0.2, 0.25) is 0 Å². The lowest BCUT2D eigenvalue weighted by molar-refractivity contribution is -0.145. The minimum Gasteiger partial charge on any atom is -0.465 e. The molecule has 2 nitrogen and oxygen atoms in total. The maximum Gasteiger partial charge on any atom is 0.322 e. The van der Waals surface area contributed by atoms with Gasteiger partial charge in [-0.15, -0.1) is 11.3 Å². The number of halogens is 1. The van der Waals surface area contributed by atoms with Gasteiger partial charge in [-0.2, -0.15) is 0 Å². The summed E-state index contributed by atoms with van der Waals surface area (Å²) in [4.78, 5) is 13.3. The summed E-state index contributed by atoms with van der Waals surface area (Å²) in [5.41, 5.74) is 1.21. The molecule has 0 unspecified atom stereocenters. The second-order valence-corrected chi connectivity index (χ2v) is 9.95. The molecule has 0 atom stereocenters. The average Bonchev–Trinajstić information content (AvgIpc) is 3.03. The molecule has 0 N–H and O–H groups in total. The van der Waals surface area contributed by atoms with Crippen molar-refractivity contribution in [2.24, 2.45) is 0 Å². The molecule has 130 valence electrons. The van der Waals surface area contributed by atoms with Crippen LogP contribution >= 0.6 is 39.0 Å². The quantitative estimate of drug-likeness (QED) is 0.327. The molecular weight excluding hydrogens is 416 g/mol. The van der Waals surface area contributed by atoms with E-state index < -0.39 is 4.75 Å². The Bertz CT molecular complexity index is 915. The number of ether oxygens (including phenoxy) is 1. The number of hydrogen-bond acceptors (Lipinski definition) is 4. The molecule has 2 aromatic carbocycles. The van der Waals surface area contributed by atoms with Gasteiger partial charge < -0.3 is 4.74 Å². The fourth-order valence-corrected chi connectivity index (χ4v) is 5.69. The molecule has 5 heteroatoms. The monoisotopic (exact) mass is 434 g/mol. The molecule has 25 heavy (non-hydrogen) atoms. The molecule has 0 aliphatic rings. The Balaban J connectivity index is 1.93. The van der Waals surface area contributed by atoms with Crippen LogP contribution in [0.4, 0.5) is 0 Å². The van der Waals surface area contributed by atoms with Crippen LogP contribution in [0.1, 0.15) is 20.8 Å². The molecule has 0 amide bonds. The van der Waals surface area contributed by atoms with Crippen molar-refractivity contribution in [2.45, 2.75) is 29.7 Å². The van der Waals surface area contributed by atoms with Gasteiger partial charge in [-0.05, 0) is 55.3 Å². The van der Waals surface area contributed by atoms with E-state index in [0.29, 0.717) is 6.61 Å². The van der Waals surface area contributed by atoms with E-state index in [4.69, 9.17) is 4.74 Å². The molecule has 0 bridgehead atoms. The third-order valence-corrected chi connectivity index (χ3v) is 6.96. The molecule has 0 saturated carbocycles. The van der Waals surface area contributed by atoms with E-state index in [0.717, 1.165) is 8.68 Å². The van der Waals surface area contributed by atoms with Crippen LogP contribution in [-0.4, -0.2) is 17.3 Å². The number of thiophene rings is 1. The summed E-state index contributed by atoms with van der Waals surface area (Å²) < 4.78 is 6.79. The lowest BCUT2D eigenvalue weighted by atomic mass is 10.0. The lowest BCUT2D eigenvalue weighted by Crippen LogP contribution is -2.29. The van der Waals surface area contributed by atoms with Gasteiger partial charge in [0, 0.05) is 9.35 Å². The van der Waals surface area contributed by atoms with Gasteiger partial charge in [0.2, 0.25) is 0 Å². The molecule has 3 rings (SSSR count). The molecule has 1 aromatic heterocycles. The zero-order valence-corrected chi connectivity index (χ0v) is 17.6. The topological polar surface area (TPSA) is 26.3 Å². The highest BCUT2D eigenvalue weighted by atomic mass is 79.9. The third kappa shape index (κ3) is 3.94. The summed E-state index contributed by atoms with van der Waals surface area (Å²) >= 11 is 6.89. The van der Waals surface area contributed by atoms with Crippen LogP contribution in [0.3, 0.4) is 0 Å². The van der Waals surface area contributed by atoms with Crippen molar-refractivity contribution in [3.05, 3.63) is 53.0 Å². The second-order valence-electron chi connectivity index (χ2n) is 6.09. The number of hydrogen-bond donors (Lipinski definition) is 0. The molecule has 3 aromatic rings. The van der Waals surface area contributed by atoms with Gasteiger partial charge in [0.05, 0.1) is 10.8 Å². The number of fused-ring (bicyclic) bond motifs is 1. The Labute approximate surface area is 164 Å². The highest BCUT2D eigenvalue weighted by molar-refractivity contribution is 9.10. The number of benzene rings is 2. The fraction of sp³-hybridized carbons (Fsp3) is 0.250. The zero-order chi connectivity index (χ0) is 18.0. The summed E-state index contributed by atoms with van der Waals surface area (Å²) in [5, 5.41) is 2.43. The van der Waals surface area contributed by atoms with Crippen molar-refractivity contribution in [2.75, 3.05) is 6.61 Å². The zero-order valence-electron chi connectivity index (χ0n) is 14.3. The number of thioether (sulfide) groups is 1. The van der Waals surface area contributed by atoms with Crippen LogP contribution in [0, 0.1) is 0 Å². The van der Waals surface area contributed by atoms with E-state index in [1.807, 2.05) is 20.8 Å². The Morgan fingerprint density at radius 3 is 2.56 bits per heavy atom. The number of carbonyl (C=O) groups excluding carboxylic acids is 1. The maximum atomic E-state index is 12.1. The minimum absolute atomic E-state index is 0.177. The van der Waals surface area contributed by atoms with Crippen molar-refractivity contribution in [3.8, 4) is 10.4 Å². The Morgan fingerprint density at radius 2 is 1.84 bits per heavy atom. The summed E-state index contributed by atoms with van der Waals surface area (Å²) in [5.74, 6) is -0.177. The molecule has 1 heterocycles. The first kappa shape index (κ1) is 18.5. The van der Waals surface area contributed by atoms with Gasteiger partial charge >= 0.3 is 5.97 Å². The SMILES string of the molecule is CCOC(=O)C(C)(C)Sc1ccc(-c2ccc(Br)c3ccccc23)s1. The molecule has 0 radical (unpaired) electrons. The third-order valence-electron chi connectivity index (χ3n) is 3.84. The summed E-state index contributed by atoms with van der Waals surface area (Å²) in [6.07, 6.45) is 0. The van der Waals surface area contributed by atoms with Crippen molar-refractivity contribution in [1.29, 1.82) is 0 Å². The number of rotatable bonds is 5. The summed E-state index contributed by atoms with van der Waals surface area (Å²) in [7, 11) is 0. The predicted octanol–water partition coefficient (Wildman–Crippen LogP) is 6.76. The predicted molar refractivity (Wildman–Crippen MR) is 112 cm³/mol. The van der Waals surface area contributed by atoms with Crippen LogP contribution in [-0.2, 0) is 9.53 Å². The van der Waals surface area contributed by atoms with Gasteiger partial charge in [0.1, 0.15) is 4.75 Å². The largest absolute Gasteiger partial charge is 0.465 e. The second kappa shape index (κ2) is 7.52. The average molecular weight is 435 g/mol. The first-order chi connectivity index (χ1) is 11.9. The molecule has 0 aliphatic heterocycles. The lowest BCUT2D eigenvalue weighted by Gasteiger charge is -2.20. The Morgan fingerprint density at radius 1 is 1.12 bits per heavy atom. The van der Waals surface area contributed by atoms with Crippen LogP contribution in [0.25, 0.3) is 21.2 Å². The van der Waals surface area contributed by atoms with Crippen LogP contribution in [0.15, 0.2) is 57.2 Å². The van der Waals surface area contributed by atoms with Crippen LogP contribution < -0.4 is 0 Å². The first-order valence-electron chi connectivity index (χ1n) is 8.06. The standard InChI is InChI=1S/C20H19BrO2S2/c1-4-23-19(22)20(2,3)25-18-12-11-17(24-18)15-9-10-16(21)14-8-6-5-7-13(14)15/h5-12H,4H2,1-3H3. The molecule has 0 fully saturated rings. The fourth-order valence-electron chi connectivity index (χ4n) is 2.59. The van der Waals surface area contributed by atoms with Crippen molar-refractivity contribution >= 4 is 55.8 Å².